The summed E-state index contributed by atoms with van der Waals surface area (Å²) >= 11 is 3.15. The van der Waals surface area contributed by atoms with Gasteiger partial charge >= 0.3 is 5.97 Å². The number of hydrogen-bond donors (Lipinski definition) is 1. The molecule has 0 aliphatic carbocycles. The maximum Gasteiger partial charge on any atom is 0.338 e. The van der Waals surface area contributed by atoms with Crippen molar-refractivity contribution in [1.82, 2.24) is 9.55 Å². The van der Waals surface area contributed by atoms with Crippen LogP contribution >= 0.6 is 15.9 Å². The average molecular weight is 313 g/mol. The topological polar surface area (TPSA) is 85.3 Å². The summed E-state index contributed by atoms with van der Waals surface area (Å²) in [6.07, 6.45) is 2.53. The predicted molar refractivity (Wildman–Crippen MR) is 65.7 cm³/mol. The molecule has 2 aromatic rings. The van der Waals surface area contributed by atoms with Crippen molar-refractivity contribution >= 4 is 21.9 Å². The van der Waals surface area contributed by atoms with E-state index in [4.69, 9.17) is 9.52 Å². The quantitative estimate of drug-likeness (QED) is 0.931. The highest BCUT2D eigenvalue weighted by Gasteiger charge is 2.11. The molecule has 0 bridgehead atoms. The Labute approximate surface area is 110 Å². The van der Waals surface area contributed by atoms with Crippen LogP contribution in [0.25, 0.3) is 0 Å². The maximum absolute atomic E-state index is 11.9. The van der Waals surface area contributed by atoms with E-state index in [2.05, 4.69) is 20.9 Å². The van der Waals surface area contributed by atoms with Crippen molar-refractivity contribution in [3.8, 4) is 0 Å². The second kappa shape index (κ2) is 4.77. The van der Waals surface area contributed by atoms with Crippen LogP contribution in [0.1, 0.15) is 21.8 Å². The summed E-state index contributed by atoms with van der Waals surface area (Å²) in [7, 11) is 0. The second-order valence-corrected chi connectivity index (χ2v) is 4.48. The van der Waals surface area contributed by atoms with Crippen molar-refractivity contribution in [1.29, 1.82) is 0 Å². The minimum absolute atomic E-state index is 0.0529. The van der Waals surface area contributed by atoms with E-state index in [1.807, 2.05) is 0 Å². The van der Waals surface area contributed by atoms with Crippen molar-refractivity contribution in [2.75, 3.05) is 0 Å². The number of nitrogens with zero attached hydrogens (tertiary/aromatic N) is 2. The summed E-state index contributed by atoms with van der Waals surface area (Å²) in [5.74, 6) is -0.687. The first kappa shape index (κ1) is 12.6. The van der Waals surface area contributed by atoms with Crippen molar-refractivity contribution in [2.45, 2.75) is 13.5 Å². The Morgan fingerprint density at radius 3 is 2.94 bits per heavy atom. The molecule has 94 valence electrons. The number of rotatable bonds is 3. The minimum atomic E-state index is -1.07. The lowest BCUT2D eigenvalue weighted by Gasteiger charge is -2.04. The van der Waals surface area contributed by atoms with Crippen LogP contribution in [-0.2, 0) is 6.54 Å². The Morgan fingerprint density at radius 2 is 2.33 bits per heavy atom. The highest BCUT2D eigenvalue weighted by atomic mass is 79.9. The van der Waals surface area contributed by atoms with Crippen molar-refractivity contribution in [3.63, 3.8) is 0 Å². The van der Waals surface area contributed by atoms with Gasteiger partial charge in [0.1, 0.15) is 16.5 Å². The molecule has 0 spiro atoms. The predicted octanol–water partition coefficient (Wildman–Crippen LogP) is 1.65. The number of furan rings is 1. The molecular formula is C11H9BrN2O4. The molecule has 0 radical (unpaired) electrons. The summed E-state index contributed by atoms with van der Waals surface area (Å²) in [4.78, 5) is 26.6. The largest absolute Gasteiger partial charge is 0.478 e. The van der Waals surface area contributed by atoms with Gasteiger partial charge in [0.25, 0.3) is 5.56 Å². The van der Waals surface area contributed by atoms with E-state index < -0.39 is 5.97 Å². The molecule has 0 aromatic carbocycles. The number of carboxylic acid groups (broad SMARTS) is 1. The number of aromatic carboxylic acids is 1. The fraction of sp³-hybridized carbons (Fsp3) is 0.182. The van der Waals surface area contributed by atoms with Gasteiger partial charge in [-0.1, -0.05) is 0 Å². The van der Waals surface area contributed by atoms with E-state index in [-0.39, 0.29) is 17.7 Å². The smallest absolute Gasteiger partial charge is 0.338 e. The molecule has 0 aliphatic rings. The molecule has 0 atom stereocenters. The average Bonchev–Trinajstić information content (AvgIpc) is 2.79. The van der Waals surface area contributed by atoms with Gasteiger partial charge in [0.2, 0.25) is 0 Å². The van der Waals surface area contributed by atoms with Crippen LogP contribution in [0.4, 0.5) is 0 Å². The molecule has 6 nitrogen and oxygen atoms in total. The van der Waals surface area contributed by atoms with Crippen LogP contribution in [0.2, 0.25) is 0 Å². The third-order valence-electron chi connectivity index (χ3n) is 2.38. The lowest BCUT2D eigenvalue weighted by Crippen LogP contribution is -2.22. The number of carbonyl (C=O) groups is 1. The number of carboxylic acids is 1. The Morgan fingerprint density at radius 1 is 1.61 bits per heavy atom. The molecule has 0 unspecified atom stereocenters. The summed E-state index contributed by atoms with van der Waals surface area (Å²) in [6.45, 7) is 1.85. The highest BCUT2D eigenvalue weighted by molar-refractivity contribution is 9.10. The Balaban J connectivity index is 2.31. The van der Waals surface area contributed by atoms with Crippen molar-refractivity contribution in [2.24, 2.45) is 0 Å². The van der Waals surface area contributed by atoms with Crippen LogP contribution in [-0.4, -0.2) is 20.6 Å². The molecule has 0 amide bonds. The normalized spacial score (nSPS) is 10.6. The SMILES string of the molecule is Cc1ncn(Cc2cc(C(=O)O)co2)c(=O)c1Br. The van der Waals surface area contributed by atoms with Crippen molar-refractivity contribution in [3.05, 3.63) is 50.5 Å². The van der Waals surface area contributed by atoms with Gasteiger partial charge in [-0.25, -0.2) is 9.78 Å². The Kier molecular flexibility index (Phi) is 3.33. The standard InChI is InChI=1S/C11H9BrN2O4/c1-6-9(12)10(15)14(5-13-6)3-8-2-7(4-18-8)11(16)17/h2,4-5H,3H2,1H3,(H,16,17). The van der Waals surface area contributed by atoms with Gasteiger partial charge in [-0.05, 0) is 28.9 Å². The zero-order valence-electron chi connectivity index (χ0n) is 9.38. The fourth-order valence-electron chi connectivity index (χ4n) is 1.40. The third kappa shape index (κ3) is 2.35. The molecule has 2 aromatic heterocycles. The van der Waals surface area contributed by atoms with E-state index in [1.54, 1.807) is 6.92 Å². The third-order valence-corrected chi connectivity index (χ3v) is 3.30. The molecule has 2 rings (SSSR count). The molecule has 1 N–H and O–H groups in total. The number of aryl methyl sites for hydroxylation is 1. The van der Waals surface area contributed by atoms with Crippen LogP contribution in [0.15, 0.2) is 32.3 Å². The van der Waals surface area contributed by atoms with E-state index in [0.29, 0.717) is 15.9 Å². The molecule has 18 heavy (non-hydrogen) atoms. The van der Waals surface area contributed by atoms with Gasteiger partial charge in [0.05, 0.1) is 24.1 Å². The van der Waals surface area contributed by atoms with Crippen molar-refractivity contribution < 1.29 is 14.3 Å². The maximum atomic E-state index is 11.9. The van der Waals surface area contributed by atoms with Gasteiger partial charge in [0.15, 0.2) is 0 Å². The fourth-order valence-corrected chi connectivity index (χ4v) is 1.73. The lowest BCUT2D eigenvalue weighted by atomic mass is 10.3. The molecule has 2 heterocycles. The summed E-state index contributed by atoms with van der Waals surface area (Å²) in [6, 6.07) is 1.38. The second-order valence-electron chi connectivity index (χ2n) is 3.68. The van der Waals surface area contributed by atoms with Crippen LogP contribution < -0.4 is 5.56 Å². The first-order valence-electron chi connectivity index (χ1n) is 5.01. The minimum Gasteiger partial charge on any atom is -0.478 e. The number of halogens is 1. The monoisotopic (exact) mass is 312 g/mol. The lowest BCUT2D eigenvalue weighted by molar-refractivity contribution is 0.0696. The van der Waals surface area contributed by atoms with E-state index in [1.165, 1.54) is 17.0 Å². The van der Waals surface area contributed by atoms with Crippen LogP contribution in [0, 0.1) is 6.92 Å². The number of aromatic nitrogens is 2. The highest BCUT2D eigenvalue weighted by Crippen LogP contribution is 2.10. The zero-order valence-corrected chi connectivity index (χ0v) is 11.0. The molecule has 0 aliphatic heterocycles. The zero-order chi connectivity index (χ0) is 13.3. The van der Waals surface area contributed by atoms with Gasteiger partial charge < -0.3 is 9.52 Å². The molecule has 7 heteroatoms. The van der Waals surface area contributed by atoms with E-state index in [0.717, 1.165) is 6.26 Å². The Bertz CT molecular complexity index is 659. The molecular weight excluding hydrogens is 304 g/mol. The first-order valence-corrected chi connectivity index (χ1v) is 5.80. The molecule has 0 saturated heterocycles. The van der Waals surface area contributed by atoms with Crippen LogP contribution in [0.5, 0.6) is 0 Å². The molecule has 0 fully saturated rings. The van der Waals surface area contributed by atoms with Gasteiger partial charge in [-0.3, -0.25) is 9.36 Å². The molecule has 0 saturated carbocycles. The van der Waals surface area contributed by atoms with E-state index in [9.17, 15) is 9.59 Å². The first-order chi connectivity index (χ1) is 8.49. The van der Waals surface area contributed by atoms with Gasteiger partial charge in [0, 0.05) is 0 Å². The Hall–Kier alpha value is -1.89. The van der Waals surface area contributed by atoms with Crippen LogP contribution in [0.3, 0.4) is 0 Å². The van der Waals surface area contributed by atoms with Gasteiger partial charge in [-0.15, -0.1) is 0 Å². The summed E-state index contributed by atoms with van der Waals surface area (Å²) < 4.78 is 6.79. The van der Waals surface area contributed by atoms with Gasteiger partial charge in [-0.2, -0.15) is 0 Å². The van der Waals surface area contributed by atoms with E-state index >= 15 is 0 Å². The summed E-state index contributed by atoms with van der Waals surface area (Å²) in [5.41, 5.74) is 0.412. The number of hydrogen-bond acceptors (Lipinski definition) is 4. The summed E-state index contributed by atoms with van der Waals surface area (Å²) in [5, 5.41) is 8.75.